The van der Waals surface area contributed by atoms with E-state index in [4.69, 9.17) is 4.98 Å². The molecule has 0 bridgehead atoms. The first-order chi connectivity index (χ1) is 15.1. The van der Waals surface area contributed by atoms with E-state index in [1.54, 1.807) is 18.3 Å². The lowest BCUT2D eigenvalue weighted by Gasteiger charge is -2.11. The number of benzene rings is 2. The SMILES string of the molecule is CC(C)c1ccc(Cn2c(CCCNC(=O)c3ccccn3)nc3ccccc32)cc1. The van der Waals surface area contributed by atoms with Crippen molar-refractivity contribution < 1.29 is 4.79 Å². The number of pyridine rings is 1. The molecule has 31 heavy (non-hydrogen) atoms. The van der Waals surface area contributed by atoms with Gasteiger partial charge in [-0.25, -0.2) is 4.98 Å². The van der Waals surface area contributed by atoms with Crippen LogP contribution in [-0.4, -0.2) is 27.0 Å². The second kappa shape index (κ2) is 9.56. The van der Waals surface area contributed by atoms with Gasteiger partial charge in [-0.1, -0.05) is 56.3 Å². The summed E-state index contributed by atoms with van der Waals surface area (Å²) in [6.45, 7) is 5.79. The number of carbonyl (C=O) groups excluding carboxylic acids is 1. The molecule has 0 radical (unpaired) electrons. The second-order valence-electron chi connectivity index (χ2n) is 8.07. The van der Waals surface area contributed by atoms with Crippen LogP contribution in [0.3, 0.4) is 0 Å². The van der Waals surface area contributed by atoms with E-state index < -0.39 is 0 Å². The first-order valence-electron chi connectivity index (χ1n) is 10.8. The summed E-state index contributed by atoms with van der Waals surface area (Å²) in [5, 5.41) is 2.95. The minimum absolute atomic E-state index is 0.139. The zero-order valence-corrected chi connectivity index (χ0v) is 18.1. The fraction of sp³-hybridized carbons (Fsp3) is 0.269. The van der Waals surface area contributed by atoms with Crippen molar-refractivity contribution in [2.45, 2.75) is 39.2 Å². The average molecular weight is 413 g/mol. The maximum atomic E-state index is 12.2. The molecule has 0 aliphatic carbocycles. The standard InChI is InChI=1S/C26H28N4O/c1-19(2)21-14-12-20(13-15-21)18-30-24-10-4-3-8-22(24)29-25(30)11-7-17-28-26(31)23-9-5-6-16-27-23/h3-6,8-10,12-16,19H,7,11,17-18H2,1-2H3,(H,28,31). The highest BCUT2D eigenvalue weighted by molar-refractivity contribution is 5.92. The lowest BCUT2D eigenvalue weighted by molar-refractivity contribution is 0.0948. The Morgan fingerprint density at radius 2 is 1.77 bits per heavy atom. The molecule has 0 saturated heterocycles. The highest BCUT2D eigenvalue weighted by Crippen LogP contribution is 2.20. The van der Waals surface area contributed by atoms with E-state index in [-0.39, 0.29) is 5.91 Å². The molecular weight excluding hydrogens is 384 g/mol. The summed E-state index contributed by atoms with van der Waals surface area (Å²) in [6, 6.07) is 22.4. The Hall–Kier alpha value is -3.47. The molecule has 1 N–H and O–H groups in total. The first-order valence-corrected chi connectivity index (χ1v) is 10.8. The quantitative estimate of drug-likeness (QED) is 0.416. The van der Waals surface area contributed by atoms with Gasteiger partial charge in [0.25, 0.3) is 5.91 Å². The molecule has 1 amide bonds. The zero-order chi connectivity index (χ0) is 21.6. The van der Waals surface area contributed by atoms with Crippen LogP contribution in [0.15, 0.2) is 72.9 Å². The van der Waals surface area contributed by atoms with Gasteiger partial charge in [-0.3, -0.25) is 9.78 Å². The van der Waals surface area contributed by atoms with Gasteiger partial charge in [0.15, 0.2) is 0 Å². The molecular formula is C26H28N4O. The third-order valence-electron chi connectivity index (χ3n) is 5.48. The van der Waals surface area contributed by atoms with Crippen LogP contribution in [0.5, 0.6) is 0 Å². The number of nitrogens with zero attached hydrogens (tertiary/aromatic N) is 3. The smallest absolute Gasteiger partial charge is 0.269 e. The number of nitrogens with one attached hydrogen (secondary N) is 1. The zero-order valence-electron chi connectivity index (χ0n) is 18.1. The van der Waals surface area contributed by atoms with Gasteiger partial charge in [0.2, 0.25) is 0 Å². The summed E-state index contributed by atoms with van der Waals surface area (Å²) in [5.74, 6) is 1.43. The second-order valence-corrected chi connectivity index (χ2v) is 8.07. The van der Waals surface area contributed by atoms with Gasteiger partial charge in [-0.15, -0.1) is 0 Å². The molecule has 0 spiro atoms. The Balaban J connectivity index is 1.45. The summed E-state index contributed by atoms with van der Waals surface area (Å²) >= 11 is 0. The van der Waals surface area contributed by atoms with Gasteiger partial charge in [-0.05, 0) is 47.7 Å². The average Bonchev–Trinajstić information content (AvgIpc) is 3.15. The number of aromatic nitrogens is 3. The molecule has 158 valence electrons. The number of rotatable bonds is 8. The number of para-hydroxylation sites is 2. The monoisotopic (exact) mass is 412 g/mol. The minimum Gasteiger partial charge on any atom is -0.351 e. The Morgan fingerprint density at radius 3 is 2.52 bits per heavy atom. The van der Waals surface area contributed by atoms with E-state index in [9.17, 15) is 4.79 Å². The normalized spacial score (nSPS) is 11.2. The molecule has 0 saturated carbocycles. The van der Waals surface area contributed by atoms with Crippen LogP contribution in [0.1, 0.15) is 53.6 Å². The van der Waals surface area contributed by atoms with Crippen LogP contribution < -0.4 is 5.32 Å². The van der Waals surface area contributed by atoms with E-state index in [0.29, 0.717) is 18.2 Å². The maximum Gasteiger partial charge on any atom is 0.269 e. The minimum atomic E-state index is -0.139. The van der Waals surface area contributed by atoms with E-state index in [2.05, 4.69) is 71.2 Å². The third-order valence-corrected chi connectivity index (χ3v) is 5.48. The molecule has 4 aromatic rings. The fourth-order valence-corrected chi connectivity index (χ4v) is 3.72. The van der Waals surface area contributed by atoms with Crippen molar-refractivity contribution in [3.05, 3.63) is 95.6 Å². The molecule has 2 aromatic heterocycles. The Kier molecular flexibility index (Phi) is 6.41. The van der Waals surface area contributed by atoms with Crippen LogP contribution in [0.25, 0.3) is 11.0 Å². The molecule has 5 heteroatoms. The lowest BCUT2D eigenvalue weighted by Crippen LogP contribution is -2.25. The van der Waals surface area contributed by atoms with Gasteiger partial charge in [-0.2, -0.15) is 0 Å². The largest absolute Gasteiger partial charge is 0.351 e. The predicted octanol–water partition coefficient (Wildman–Crippen LogP) is 4.97. The summed E-state index contributed by atoms with van der Waals surface area (Å²) in [7, 11) is 0. The van der Waals surface area contributed by atoms with Crippen LogP contribution in [-0.2, 0) is 13.0 Å². The number of hydrogen-bond donors (Lipinski definition) is 1. The maximum absolute atomic E-state index is 12.2. The van der Waals surface area contributed by atoms with Crippen LogP contribution in [0.2, 0.25) is 0 Å². The summed E-state index contributed by atoms with van der Waals surface area (Å²) in [5.41, 5.74) is 5.21. The van der Waals surface area contributed by atoms with Crippen molar-refractivity contribution in [2.24, 2.45) is 0 Å². The molecule has 0 atom stereocenters. The third kappa shape index (κ3) is 5.00. The van der Waals surface area contributed by atoms with E-state index in [0.717, 1.165) is 36.2 Å². The summed E-state index contributed by atoms with van der Waals surface area (Å²) in [6.07, 6.45) is 3.24. The molecule has 0 fully saturated rings. The van der Waals surface area contributed by atoms with Gasteiger partial charge >= 0.3 is 0 Å². The van der Waals surface area contributed by atoms with Crippen LogP contribution >= 0.6 is 0 Å². The molecule has 2 aromatic carbocycles. The highest BCUT2D eigenvalue weighted by Gasteiger charge is 2.12. The predicted molar refractivity (Wildman–Crippen MR) is 124 cm³/mol. The van der Waals surface area contributed by atoms with Gasteiger partial charge in [0, 0.05) is 25.7 Å². The van der Waals surface area contributed by atoms with Crippen LogP contribution in [0.4, 0.5) is 0 Å². The number of fused-ring (bicyclic) bond motifs is 1. The molecule has 2 heterocycles. The Morgan fingerprint density at radius 1 is 1.00 bits per heavy atom. The first kappa shape index (κ1) is 20.8. The van der Waals surface area contributed by atoms with Crippen LogP contribution in [0, 0.1) is 0 Å². The lowest BCUT2D eigenvalue weighted by atomic mass is 10.0. The van der Waals surface area contributed by atoms with Gasteiger partial charge in [0.05, 0.1) is 11.0 Å². The molecule has 0 unspecified atom stereocenters. The Bertz CT molecular complexity index is 1150. The van der Waals surface area contributed by atoms with Crippen molar-refractivity contribution in [2.75, 3.05) is 6.54 Å². The number of carbonyl (C=O) groups is 1. The van der Waals surface area contributed by atoms with Crippen molar-refractivity contribution in [1.29, 1.82) is 0 Å². The number of amides is 1. The fourth-order valence-electron chi connectivity index (χ4n) is 3.72. The summed E-state index contributed by atoms with van der Waals surface area (Å²) in [4.78, 5) is 21.1. The van der Waals surface area contributed by atoms with Crippen molar-refractivity contribution in [1.82, 2.24) is 19.9 Å². The van der Waals surface area contributed by atoms with Crippen molar-refractivity contribution in [3.63, 3.8) is 0 Å². The van der Waals surface area contributed by atoms with Gasteiger partial charge < -0.3 is 9.88 Å². The highest BCUT2D eigenvalue weighted by atomic mass is 16.1. The van der Waals surface area contributed by atoms with Crippen molar-refractivity contribution >= 4 is 16.9 Å². The number of hydrogen-bond acceptors (Lipinski definition) is 3. The molecule has 5 nitrogen and oxygen atoms in total. The Labute approximate surface area is 183 Å². The molecule has 0 aliphatic rings. The number of aryl methyl sites for hydroxylation is 1. The number of imidazole rings is 1. The van der Waals surface area contributed by atoms with Gasteiger partial charge in [0.1, 0.15) is 11.5 Å². The van der Waals surface area contributed by atoms with E-state index >= 15 is 0 Å². The van der Waals surface area contributed by atoms with E-state index in [1.165, 1.54) is 11.1 Å². The molecule has 0 aliphatic heterocycles. The summed E-state index contributed by atoms with van der Waals surface area (Å²) < 4.78 is 2.29. The van der Waals surface area contributed by atoms with Crippen molar-refractivity contribution in [3.8, 4) is 0 Å². The van der Waals surface area contributed by atoms with E-state index in [1.807, 2.05) is 12.1 Å². The topological polar surface area (TPSA) is 59.8 Å². The molecule has 4 rings (SSSR count).